The third-order valence-corrected chi connectivity index (χ3v) is 7.54. The van der Waals surface area contributed by atoms with Gasteiger partial charge >= 0.3 is 0 Å². The number of carbonyl (C=O) groups is 1. The lowest BCUT2D eigenvalue weighted by molar-refractivity contribution is -0.116. The van der Waals surface area contributed by atoms with Crippen LogP contribution in [0.25, 0.3) is 0 Å². The van der Waals surface area contributed by atoms with E-state index in [1.165, 1.54) is 5.57 Å². The molecular formula is C21H26O2. The normalized spacial score (nSPS) is 48.0. The Balaban J connectivity index is 1.69. The Bertz CT molecular complexity index is 637. The maximum atomic E-state index is 11.7. The van der Waals surface area contributed by atoms with Crippen molar-refractivity contribution in [1.82, 2.24) is 0 Å². The summed E-state index contributed by atoms with van der Waals surface area (Å²) in [6, 6.07) is 0. The molecule has 2 fully saturated rings. The Hall–Kier alpha value is -1.33. The molecule has 0 aliphatic heterocycles. The molecule has 4 rings (SSSR count). The van der Waals surface area contributed by atoms with E-state index in [2.05, 4.69) is 18.9 Å². The number of terminal acetylenes is 1. The van der Waals surface area contributed by atoms with Gasteiger partial charge in [0, 0.05) is 11.8 Å². The van der Waals surface area contributed by atoms with Crippen LogP contribution in [0.1, 0.15) is 51.9 Å². The van der Waals surface area contributed by atoms with Crippen LogP contribution in [0.2, 0.25) is 0 Å². The number of hydrogen-bond donors (Lipinski definition) is 1. The first-order chi connectivity index (χ1) is 11.0. The predicted molar refractivity (Wildman–Crippen MR) is 90.4 cm³/mol. The van der Waals surface area contributed by atoms with Crippen LogP contribution < -0.4 is 0 Å². The monoisotopic (exact) mass is 310 g/mol. The van der Waals surface area contributed by atoms with Gasteiger partial charge in [0.2, 0.25) is 0 Å². The summed E-state index contributed by atoms with van der Waals surface area (Å²) < 4.78 is 0. The van der Waals surface area contributed by atoms with Crippen molar-refractivity contribution in [3.8, 4) is 12.3 Å². The van der Waals surface area contributed by atoms with Gasteiger partial charge in [-0.05, 0) is 74.3 Å². The molecule has 0 aromatic carbocycles. The zero-order valence-electron chi connectivity index (χ0n) is 13.9. The number of allylic oxidation sites excluding steroid dienone is 3. The summed E-state index contributed by atoms with van der Waals surface area (Å²) in [6.45, 7) is 2.18. The van der Waals surface area contributed by atoms with E-state index in [1.54, 1.807) is 0 Å². The van der Waals surface area contributed by atoms with Crippen LogP contribution in [-0.4, -0.2) is 16.5 Å². The van der Waals surface area contributed by atoms with E-state index in [0.717, 1.165) is 38.5 Å². The van der Waals surface area contributed by atoms with E-state index < -0.39 is 5.60 Å². The van der Waals surface area contributed by atoms with Crippen LogP contribution in [0.3, 0.4) is 0 Å². The van der Waals surface area contributed by atoms with Crippen LogP contribution in [0.4, 0.5) is 0 Å². The van der Waals surface area contributed by atoms with Crippen molar-refractivity contribution in [3.05, 3.63) is 23.8 Å². The molecule has 4 aliphatic rings. The first kappa shape index (κ1) is 15.2. The quantitative estimate of drug-likeness (QED) is 0.593. The van der Waals surface area contributed by atoms with Gasteiger partial charge in [-0.25, -0.2) is 0 Å². The van der Waals surface area contributed by atoms with Crippen LogP contribution in [0.15, 0.2) is 23.8 Å². The van der Waals surface area contributed by atoms with E-state index in [4.69, 9.17) is 6.42 Å². The van der Waals surface area contributed by atoms with Crippen molar-refractivity contribution >= 4 is 5.78 Å². The molecule has 2 heteroatoms. The number of carbonyl (C=O) groups excluding carboxylic acids is 1. The summed E-state index contributed by atoms with van der Waals surface area (Å²) in [6.07, 6.45) is 18.8. The number of rotatable bonds is 1. The Labute approximate surface area is 139 Å². The van der Waals surface area contributed by atoms with Gasteiger partial charge in [0.25, 0.3) is 0 Å². The zero-order valence-corrected chi connectivity index (χ0v) is 13.9. The van der Waals surface area contributed by atoms with Crippen molar-refractivity contribution < 1.29 is 9.90 Å². The lowest BCUT2D eigenvalue weighted by Gasteiger charge is -2.55. The van der Waals surface area contributed by atoms with Crippen LogP contribution in [-0.2, 0) is 4.79 Å². The van der Waals surface area contributed by atoms with Gasteiger partial charge < -0.3 is 5.11 Å². The molecule has 2 saturated carbocycles. The Morgan fingerprint density at radius 2 is 2.13 bits per heavy atom. The molecule has 0 bridgehead atoms. The molecule has 0 amide bonds. The third-order valence-electron chi connectivity index (χ3n) is 7.54. The molecule has 1 unspecified atom stereocenters. The first-order valence-corrected chi connectivity index (χ1v) is 9.17. The fourth-order valence-electron chi connectivity index (χ4n) is 6.38. The average Bonchev–Trinajstić information content (AvgIpc) is 2.88. The Kier molecular flexibility index (Phi) is 3.36. The molecule has 0 heterocycles. The maximum Gasteiger partial charge on any atom is 0.155 e. The summed E-state index contributed by atoms with van der Waals surface area (Å²) in [5, 5.41) is 11.0. The summed E-state index contributed by atoms with van der Waals surface area (Å²) in [5.74, 6) is 5.28. The van der Waals surface area contributed by atoms with Crippen LogP contribution in [0.5, 0.6) is 0 Å². The minimum Gasteiger partial charge on any atom is -0.373 e. The molecule has 2 nitrogen and oxygen atoms in total. The largest absolute Gasteiger partial charge is 0.373 e. The topological polar surface area (TPSA) is 37.3 Å². The molecule has 6 atom stereocenters. The summed E-state index contributed by atoms with van der Waals surface area (Å²) in [4.78, 5) is 11.7. The van der Waals surface area contributed by atoms with E-state index >= 15 is 0 Å². The second-order valence-electron chi connectivity index (χ2n) is 8.04. The van der Waals surface area contributed by atoms with E-state index in [-0.39, 0.29) is 5.41 Å². The highest BCUT2D eigenvalue weighted by molar-refractivity contribution is 5.91. The van der Waals surface area contributed by atoms with Crippen LogP contribution in [0, 0.1) is 41.4 Å². The molecule has 0 aromatic rings. The SMILES string of the molecule is C#C[C@@]1(O)C=C[C@H]2[C@@H]3CCC4=CC(=O)CCC4[C@H]3CC[C@@]21CC. The standard InChI is InChI=1S/C21H26O2/c1-3-20-11-9-17-16-8-6-15(22)13-14(16)5-7-18(17)19(20)10-12-21(20,23)4-2/h2,10,12-13,16-19,23H,3,5-9,11H2,1H3/t16?,17-,18-,19+,20+,21-/m1/s1. The summed E-state index contributed by atoms with van der Waals surface area (Å²) in [5.41, 5.74) is 0.158. The van der Waals surface area contributed by atoms with Crippen LogP contribution >= 0.6 is 0 Å². The zero-order chi connectivity index (χ0) is 16.2. The van der Waals surface area contributed by atoms with Gasteiger partial charge in [-0.3, -0.25) is 4.79 Å². The molecule has 1 N–H and O–H groups in total. The second kappa shape index (κ2) is 5.08. The summed E-state index contributed by atoms with van der Waals surface area (Å²) in [7, 11) is 0. The van der Waals surface area contributed by atoms with Crippen molar-refractivity contribution in [3.63, 3.8) is 0 Å². The molecule has 23 heavy (non-hydrogen) atoms. The van der Waals surface area contributed by atoms with Gasteiger partial charge in [0.15, 0.2) is 5.78 Å². The fraction of sp³-hybridized carbons (Fsp3) is 0.667. The lowest BCUT2D eigenvalue weighted by atomic mass is 9.49. The Morgan fingerprint density at radius 1 is 1.30 bits per heavy atom. The number of ketones is 1. The maximum absolute atomic E-state index is 11.7. The average molecular weight is 310 g/mol. The number of fused-ring (bicyclic) bond motifs is 5. The molecule has 4 aliphatic carbocycles. The van der Waals surface area contributed by atoms with Crippen molar-refractivity contribution in [2.45, 2.75) is 57.5 Å². The highest BCUT2D eigenvalue weighted by atomic mass is 16.3. The second-order valence-corrected chi connectivity index (χ2v) is 8.04. The molecule has 0 radical (unpaired) electrons. The van der Waals surface area contributed by atoms with Gasteiger partial charge in [0.05, 0.1) is 0 Å². The highest BCUT2D eigenvalue weighted by Crippen LogP contribution is 2.63. The molecule has 0 aromatic heterocycles. The van der Waals surface area contributed by atoms with Gasteiger partial charge in [-0.15, -0.1) is 6.42 Å². The smallest absolute Gasteiger partial charge is 0.155 e. The number of aliphatic hydroxyl groups is 1. The van der Waals surface area contributed by atoms with Crippen molar-refractivity contribution in [1.29, 1.82) is 0 Å². The number of hydrogen-bond acceptors (Lipinski definition) is 2. The van der Waals surface area contributed by atoms with E-state index in [0.29, 0.717) is 35.9 Å². The first-order valence-electron chi connectivity index (χ1n) is 9.17. The van der Waals surface area contributed by atoms with E-state index in [9.17, 15) is 9.90 Å². The fourth-order valence-corrected chi connectivity index (χ4v) is 6.38. The van der Waals surface area contributed by atoms with Crippen molar-refractivity contribution in [2.24, 2.45) is 29.1 Å². The molecule has 0 saturated heterocycles. The highest BCUT2D eigenvalue weighted by Gasteiger charge is 2.61. The van der Waals surface area contributed by atoms with Crippen molar-refractivity contribution in [2.75, 3.05) is 0 Å². The third kappa shape index (κ3) is 1.89. The lowest BCUT2D eigenvalue weighted by Crippen LogP contribution is -2.54. The Morgan fingerprint density at radius 3 is 2.87 bits per heavy atom. The minimum atomic E-state index is -1.07. The predicted octanol–water partition coefficient (Wildman–Crippen LogP) is 3.66. The summed E-state index contributed by atoms with van der Waals surface area (Å²) >= 11 is 0. The molecular weight excluding hydrogens is 284 g/mol. The van der Waals surface area contributed by atoms with Gasteiger partial charge in [-0.1, -0.05) is 24.5 Å². The van der Waals surface area contributed by atoms with Gasteiger partial charge in [0.1, 0.15) is 5.60 Å². The molecule has 0 spiro atoms. The van der Waals surface area contributed by atoms with Gasteiger partial charge in [-0.2, -0.15) is 0 Å². The molecule has 122 valence electrons. The van der Waals surface area contributed by atoms with E-state index in [1.807, 2.05) is 12.2 Å². The minimum absolute atomic E-state index is 0.172.